The van der Waals surface area contributed by atoms with Crippen molar-refractivity contribution >= 4 is 27.7 Å². The van der Waals surface area contributed by atoms with Crippen LogP contribution in [0.1, 0.15) is 16.1 Å². The van der Waals surface area contributed by atoms with E-state index in [0.29, 0.717) is 11.6 Å². The summed E-state index contributed by atoms with van der Waals surface area (Å²) in [7, 11) is 0. The lowest BCUT2D eigenvalue weighted by Gasteiger charge is -2.20. The van der Waals surface area contributed by atoms with Crippen LogP contribution in [0, 0.1) is 5.82 Å². The van der Waals surface area contributed by atoms with E-state index in [2.05, 4.69) is 26.1 Å². The summed E-state index contributed by atoms with van der Waals surface area (Å²) >= 11 is 3.39. The highest BCUT2D eigenvalue weighted by atomic mass is 79.9. The number of aromatic nitrogens is 2. The molecule has 2 heterocycles. The minimum absolute atomic E-state index is 0.163. The number of carbonyl (C=O) groups excluding carboxylic acids is 1. The molecule has 5 nitrogen and oxygen atoms in total. The molecule has 0 unspecified atom stereocenters. The number of anilines is 1. The number of halogens is 2. The fraction of sp³-hybridized carbons (Fsp3) is 0.0455. The maximum Gasteiger partial charge on any atom is 0.281 e. The van der Waals surface area contributed by atoms with Gasteiger partial charge < -0.3 is 4.52 Å². The van der Waals surface area contributed by atoms with E-state index in [4.69, 9.17) is 4.52 Å². The van der Waals surface area contributed by atoms with Gasteiger partial charge in [0.1, 0.15) is 11.6 Å². The SMILES string of the molecule is O=C(c1cc(-c2ccc(Br)cc2)on1)N(Cc1ccc(F)cc1)c1ccccn1. The lowest BCUT2D eigenvalue weighted by atomic mass is 10.1. The first kappa shape index (κ1) is 19.0. The average Bonchev–Trinajstić information content (AvgIpc) is 3.24. The minimum atomic E-state index is -0.361. The van der Waals surface area contributed by atoms with E-state index in [9.17, 15) is 9.18 Å². The molecule has 2 aromatic heterocycles. The molecule has 29 heavy (non-hydrogen) atoms. The van der Waals surface area contributed by atoms with E-state index < -0.39 is 0 Å². The molecule has 0 spiro atoms. The molecule has 4 aromatic rings. The molecule has 0 bridgehead atoms. The Morgan fingerprint density at radius 2 is 1.79 bits per heavy atom. The van der Waals surface area contributed by atoms with Crippen LogP contribution >= 0.6 is 15.9 Å². The predicted molar refractivity (Wildman–Crippen MR) is 111 cm³/mol. The van der Waals surface area contributed by atoms with Gasteiger partial charge in [0.15, 0.2) is 11.5 Å². The molecule has 1 amide bonds. The van der Waals surface area contributed by atoms with Crippen molar-refractivity contribution in [2.75, 3.05) is 4.90 Å². The van der Waals surface area contributed by atoms with Crippen LogP contribution in [0.2, 0.25) is 0 Å². The third-order valence-electron chi connectivity index (χ3n) is 4.28. The number of carbonyl (C=O) groups is 1. The van der Waals surface area contributed by atoms with Crippen molar-refractivity contribution in [3.63, 3.8) is 0 Å². The molecule has 0 aliphatic heterocycles. The van der Waals surface area contributed by atoms with Crippen LogP contribution in [0.15, 0.2) is 88.0 Å². The standard InChI is InChI=1S/C22H15BrFN3O2/c23-17-8-6-16(7-9-17)20-13-19(26-29-20)22(28)27(21-3-1-2-12-25-21)14-15-4-10-18(24)11-5-15/h1-13H,14H2. The van der Waals surface area contributed by atoms with Crippen molar-refractivity contribution in [1.82, 2.24) is 10.1 Å². The van der Waals surface area contributed by atoms with Gasteiger partial charge in [-0.1, -0.05) is 51.4 Å². The first-order valence-electron chi connectivity index (χ1n) is 8.80. The normalized spacial score (nSPS) is 10.7. The highest BCUT2D eigenvalue weighted by Crippen LogP contribution is 2.24. The van der Waals surface area contributed by atoms with E-state index in [0.717, 1.165) is 15.6 Å². The number of amides is 1. The number of hydrogen-bond donors (Lipinski definition) is 0. The first-order valence-corrected chi connectivity index (χ1v) is 9.59. The van der Waals surface area contributed by atoms with Gasteiger partial charge in [-0.15, -0.1) is 0 Å². The second-order valence-corrected chi connectivity index (χ2v) is 7.20. The van der Waals surface area contributed by atoms with Gasteiger partial charge in [-0.2, -0.15) is 0 Å². The lowest BCUT2D eigenvalue weighted by molar-refractivity contribution is 0.0975. The zero-order chi connectivity index (χ0) is 20.2. The molecule has 0 saturated heterocycles. The second kappa shape index (κ2) is 8.36. The van der Waals surface area contributed by atoms with Gasteiger partial charge in [0.25, 0.3) is 5.91 Å². The Morgan fingerprint density at radius 3 is 2.48 bits per heavy atom. The monoisotopic (exact) mass is 451 g/mol. The van der Waals surface area contributed by atoms with Crippen LogP contribution in [0.4, 0.5) is 10.2 Å². The average molecular weight is 452 g/mol. The van der Waals surface area contributed by atoms with Crippen LogP contribution in [0.5, 0.6) is 0 Å². The number of nitrogens with zero attached hydrogens (tertiary/aromatic N) is 3. The molecule has 0 aliphatic rings. The molecule has 4 rings (SSSR count). The summed E-state index contributed by atoms with van der Waals surface area (Å²) in [5.41, 5.74) is 1.74. The maximum absolute atomic E-state index is 13.2. The Balaban J connectivity index is 1.64. The van der Waals surface area contributed by atoms with Gasteiger partial charge in [0, 0.05) is 22.3 Å². The van der Waals surface area contributed by atoms with Gasteiger partial charge in [-0.05, 0) is 42.0 Å². The third kappa shape index (κ3) is 4.41. The van der Waals surface area contributed by atoms with E-state index in [1.54, 1.807) is 42.6 Å². The summed E-state index contributed by atoms with van der Waals surface area (Å²) in [6.45, 7) is 0.219. The van der Waals surface area contributed by atoms with E-state index >= 15 is 0 Å². The Morgan fingerprint density at radius 1 is 1.03 bits per heavy atom. The van der Waals surface area contributed by atoms with Gasteiger partial charge in [-0.25, -0.2) is 9.37 Å². The fourth-order valence-corrected chi connectivity index (χ4v) is 3.07. The zero-order valence-electron chi connectivity index (χ0n) is 15.1. The molecular formula is C22H15BrFN3O2. The summed E-state index contributed by atoms with van der Waals surface area (Å²) in [6.07, 6.45) is 1.61. The first-order chi connectivity index (χ1) is 14.1. The molecule has 2 aromatic carbocycles. The largest absolute Gasteiger partial charge is 0.355 e. The molecule has 0 atom stereocenters. The summed E-state index contributed by atoms with van der Waals surface area (Å²) < 4.78 is 19.6. The summed E-state index contributed by atoms with van der Waals surface area (Å²) in [5, 5.41) is 3.95. The summed E-state index contributed by atoms with van der Waals surface area (Å²) in [6, 6.07) is 20.4. The Hall–Kier alpha value is -3.32. The van der Waals surface area contributed by atoms with Crippen LogP contribution in [-0.2, 0) is 6.54 Å². The van der Waals surface area contributed by atoms with Crippen LogP contribution in [-0.4, -0.2) is 16.0 Å². The van der Waals surface area contributed by atoms with Gasteiger partial charge >= 0.3 is 0 Å². The molecule has 0 N–H and O–H groups in total. The van der Waals surface area contributed by atoms with E-state index in [-0.39, 0.29) is 24.0 Å². The quantitative estimate of drug-likeness (QED) is 0.402. The van der Waals surface area contributed by atoms with Crippen molar-refractivity contribution < 1.29 is 13.7 Å². The van der Waals surface area contributed by atoms with Gasteiger partial charge in [-0.3, -0.25) is 9.69 Å². The summed E-state index contributed by atoms with van der Waals surface area (Å²) in [4.78, 5) is 19.0. The van der Waals surface area contributed by atoms with E-state index in [1.165, 1.54) is 17.0 Å². The Kier molecular flexibility index (Phi) is 5.48. The third-order valence-corrected chi connectivity index (χ3v) is 4.81. The number of rotatable bonds is 5. The summed E-state index contributed by atoms with van der Waals surface area (Å²) in [5.74, 6) is 0.263. The Labute approximate surface area is 174 Å². The Bertz CT molecular complexity index is 1110. The maximum atomic E-state index is 13.2. The van der Waals surface area contributed by atoms with Crippen LogP contribution in [0.3, 0.4) is 0 Å². The van der Waals surface area contributed by atoms with Crippen molar-refractivity contribution in [3.8, 4) is 11.3 Å². The predicted octanol–water partition coefficient (Wildman–Crippen LogP) is 5.49. The second-order valence-electron chi connectivity index (χ2n) is 6.29. The van der Waals surface area contributed by atoms with Crippen molar-refractivity contribution in [2.45, 2.75) is 6.54 Å². The van der Waals surface area contributed by atoms with Gasteiger partial charge in [0.2, 0.25) is 0 Å². The number of pyridine rings is 1. The van der Waals surface area contributed by atoms with E-state index in [1.807, 2.05) is 24.3 Å². The van der Waals surface area contributed by atoms with Crippen LogP contribution in [0.25, 0.3) is 11.3 Å². The molecule has 0 fully saturated rings. The highest BCUT2D eigenvalue weighted by molar-refractivity contribution is 9.10. The smallest absolute Gasteiger partial charge is 0.281 e. The molecule has 0 saturated carbocycles. The molecule has 0 radical (unpaired) electrons. The van der Waals surface area contributed by atoms with Crippen molar-refractivity contribution in [2.24, 2.45) is 0 Å². The zero-order valence-corrected chi connectivity index (χ0v) is 16.7. The van der Waals surface area contributed by atoms with Crippen molar-refractivity contribution in [1.29, 1.82) is 0 Å². The minimum Gasteiger partial charge on any atom is -0.355 e. The lowest BCUT2D eigenvalue weighted by Crippen LogP contribution is -2.31. The molecule has 7 heteroatoms. The van der Waals surface area contributed by atoms with Crippen molar-refractivity contribution in [3.05, 3.63) is 101 Å². The highest BCUT2D eigenvalue weighted by Gasteiger charge is 2.23. The molecular weight excluding hydrogens is 437 g/mol. The van der Waals surface area contributed by atoms with Crippen LogP contribution < -0.4 is 4.90 Å². The van der Waals surface area contributed by atoms with Gasteiger partial charge in [0.05, 0.1) is 6.54 Å². The number of hydrogen-bond acceptors (Lipinski definition) is 4. The molecule has 0 aliphatic carbocycles. The number of benzene rings is 2. The topological polar surface area (TPSA) is 59.2 Å². The fourth-order valence-electron chi connectivity index (χ4n) is 2.81. The molecule has 144 valence electrons.